The highest BCUT2D eigenvalue weighted by atomic mass is 35.5. The molecule has 0 bridgehead atoms. The van der Waals surface area contributed by atoms with Gasteiger partial charge in [0.2, 0.25) is 5.91 Å². The standard InChI is InChI=1S/C26H27Cl2N3O2/c1-16-4-6-19(7-5-16)26(33)20-10-12-30(13-11-20)25(32)15-22-17(2)29-31(18(22)3)21-8-9-23(27)24(28)14-21/h4-9,14,20H,10-13,15H2,1-3H3. The number of rotatable bonds is 5. The fourth-order valence-electron chi connectivity index (χ4n) is 4.41. The molecule has 33 heavy (non-hydrogen) atoms. The number of aryl methyl sites for hydroxylation is 2. The van der Waals surface area contributed by atoms with Crippen LogP contribution in [-0.4, -0.2) is 39.5 Å². The first kappa shape index (κ1) is 23.5. The topological polar surface area (TPSA) is 55.2 Å². The van der Waals surface area contributed by atoms with Crippen molar-refractivity contribution in [1.82, 2.24) is 14.7 Å². The smallest absolute Gasteiger partial charge is 0.227 e. The van der Waals surface area contributed by atoms with Gasteiger partial charge in [-0.25, -0.2) is 4.68 Å². The van der Waals surface area contributed by atoms with E-state index in [9.17, 15) is 9.59 Å². The van der Waals surface area contributed by atoms with Crippen LogP contribution in [0.1, 0.15) is 45.7 Å². The fourth-order valence-corrected chi connectivity index (χ4v) is 4.70. The van der Waals surface area contributed by atoms with Crippen LogP contribution in [0.4, 0.5) is 0 Å². The second-order valence-electron chi connectivity index (χ2n) is 8.72. The molecule has 0 saturated carbocycles. The molecule has 7 heteroatoms. The molecule has 4 rings (SSSR count). The Morgan fingerprint density at radius 2 is 1.64 bits per heavy atom. The monoisotopic (exact) mass is 483 g/mol. The second-order valence-corrected chi connectivity index (χ2v) is 9.54. The highest BCUT2D eigenvalue weighted by molar-refractivity contribution is 6.42. The van der Waals surface area contributed by atoms with Gasteiger partial charge in [-0.15, -0.1) is 0 Å². The first-order valence-electron chi connectivity index (χ1n) is 11.1. The minimum absolute atomic E-state index is 0.0300. The van der Waals surface area contributed by atoms with Gasteiger partial charge in [-0.2, -0.15) is 5.10 Å². The van der Waals surface area contributed by atoms with E-state index in [-0.39, 0.29) is 24.0 Å². The molecule has 0 atom stereocenters. The maximum Gasteiger partial charge on any atom is 0.227 e. The molecule has 1 fully saturated rings. The lowest BCUT2D eigenvalue weighted by molar-refractivity contribution is -0.131. The predicted molar refractivity (Wildman–Crippen MR) is 132 cm³/mol. The molecule has 3 aromatic rings. The first-order chi connectivity index (χ1) is 15.7. The maximum absolute atomic E-state index is 13.1. The third kappa shape index (κ3) is 4.99. The van der Waals surface area contributed by atoms with Gasteiger partial charge in [-0.1, -0.05) is 53.0 Å². The summed E-state index contributed by atoms with van der Waals surface area (Å²) in [5.74, 6) is 0.213. The molecule has 1 aliphatic heterocycles. The maximum atomic E-state index is 13.1. The molecule has 172 valence electrons. The summed E-state index contributed by atoms with van der Waals surface area (Å²) < 4.78 is 1.80. The summed E-state index contributed by atoms with van der Waals surface area (Å²) >= 11 is 12.2. The number of hydrogen-bond acceptors (Lipinski definition) is 3. The SMILES string of the molecule is Cc1ccc(C(=O)C2CCN(C(=O)Cc3c(C)nn(-c4ccc(Cl)c(Cl)c4)c3C)CC2)cc1. The second kappa shape index (κ2) is 9.70. The van der Waals surface area contributed by atoms with Crippen molar-refractivity contribution >= 4 is 34.9 Å². The number of aromatic nitrogens is 2. The van der Waals surface area contributed by atoms with E-state index in [0.717, 1.165) is 33.8 Å². The van der Waals surface area contributed by atoms with Crippen molar-refractivity contribution in [2.24, 2.45) is 5.92 Å². The minimum Gasteiger partial charge on any atom is -0.342 e. The van der Waals surface area contributed by atoms with Crippen LogP contribution >= 0.6 is 23.2 Å². The van der Waals surface area contributed by atoms with E-state index in [1.807, 2.05) is 56.0 Å². The summed E-state index contributed by atoms with van der Waals surface area (Å²) in [5, 5.41) is 5.57. The molecule has 2 heterocycles. The Hall–Kier alpha value is -2.63. The molecular formula is C26H27Cl2N3O2. The number of nitrogens with zero attached hydrogens (tertiary/aromatic N) is 3. The third-order valence-electron chi connectivity index (χ3n) is 6.47. The Labute approximate surface area is 204 Å². The van der Waals surface area contributed by atoms with Crippen molar-refractivity contribution in [3.8, 4) is 5.69 Å². The van der Waals surface area contributed by atoms with Gasteiger partial charge in [0.25, 0.3) is 0 Å². The van der Waals surface area contributed by atoms with Crippen LogP contribution in [0.5, 0.6) is 0 Å². The van der Waals surface area contributed by atoms with Crippen LogP contribution in [0.3, 0.4) is 0 Å². The summed E-state index contributed by atoms with van der Waals surface area (Å²) in [4.78, 5) is 27.8. The molecule has 1 saturated heterocycles. The van der Waals surface area contributed by atoms with Gasteiger partial charge in [0.05, 0.1) is 27.8 Å². The van der Waals surface area contributed by atoms with Crippen molar-refractivity contribution in [2.75, 3.05) is 13.1 Å². The zero-order chi connectivity index (χ0) is 23.7. The number of benzene rings is 2. The van der Waals surface area contributed by atoms with Crippen LogP contribution in [0.25, 0.3) is 5.69 Å². The zero-order valence-corrected chi connectivity index (χ0v) is 20.6. The molecule has 1 aliphatic rings. The molecular weight excluding hydrogens is 457 g/mol. The fraction of sp³-hybridized carbons (Fsp3) is 0.346. The summed E-state index contributed by atoms with van der Waals surface area (Å²) in [6.45, 7) is 7.07. The van der Waals surface area contributed by atoms with Crippen molar-refractivity contribution in [3.63, 3.8) is 0 Å². The molecule has 0 unspecified atom stereocenters. The molecule has 0 spiro atoms. The molecule has 0 aliphatic carbocycles. The predicted octanol–water partition coefficient (Wildman–Crippen LogP) is 5.77. The molecule has 2 aromatic carbocycles. The normalized spacial score (nSPS) is 14.5. The number of carbonyl (C=O) groups is 2. The number of amides is 1. The third-order valence-corrected chi connectivity index (χ3v) is 7.21. The van der Waals surface area contributed by atoms with E-state index in [1.54, 1.807) is 16.8 Å². The van der Waals surface area contributed by atoms with E-state index in [1.165, 1.54) is 0 Å². The average Bonchev–Trinajstić information content (AvgIpc) is 3.09. The number of ketones is 1. The summed E-state index contributed by atoms with van der Waals surface area (Å²) in [6, 6.07) is 13.1. The Bertz CT molecular complexity index is 1190. The van der Waals surface area contributed by atoms with E-state index >= 15 is 0 Å². The highest BCUT2D eigenvalue weighted by Crippen LogP contribution is 2.27. The van der Waals surface area contributed by atoms with Gasteiger partial charge >= 0.3 is 0 Å². The van der Waals surface area contributed by atoms with Crippen LogP contribution in [-0.2, 0) is 11.2 Å². The molecule has 5 nitrogen and oxygen atoms in total. The Balaban J connectivity index is 1.41. The van der Waals surface area contributed by atoms with Crippen molar-refractivity contribution in [2.45, 2.75) is 40.0 Å². The molecule has 0 radical (unpaired) electrons. The van der Waals surface area contributed by atoms with E-state index in [2.05, 4.69) is 5.10 Å². The Morgan fingerprint density at radius 1 is 0.970 bits per heavy atom. The lowest BCUT2D eigenvalue weighted by atomic mass is 9.88. The molecule has 1 aromatic heterocycles. The van der Waals surface area contributed by atoms with Crippen molar-refractivity contribution in [1.29, 1.82) is 0 Å². The number of carbonyl (C=O) groups excluding carboxylic acids is 2. The Kier molecular flexibility index (Phi) is 6.91. The average molecular weight is 484 g/mol. The largest absolute Gasteiger partial charge is 0.342 e. The highest BCUT2D eigenvalue weighted by Gasteiger charge is 2.29. The number of hydrogen-bond donors (Lipinski definition) is 0. The minimum atomic E-state index is -0.0300. The lowest BCUT2D eigenvalue weighted by Crippen LogP contribution is -2.41. The van der Waals surface area contributed by atoms with Gasteiger partial charge in [-0.05, 0) is 51.8 Å². The molecule has 0 N–H and O–H groups in total. The zero-order valence-electron chi connectivity index (χ0n) is 19.1. The lowest BCUT2D eigenvalue weighted by Gasteiger charge is -2.31. The van der Waals surface area contributed by atoms with Gasteiger partial charge < -0.3 is 4.90 Å². The summed E-state index contributed by atoms with van der Waals surface area (Å²) in [7, 11) is 0. The van der Waals surface area contributed by atoms with Crippen LogP contribution in [0.15, 0.2) is 42.5 Å². The van der Waals surface area contributed by atoms with Gasteiger partial charge in [0.15, 0.2) is 5.78 Å². The summed E-state index contributed by atoms with van der Waals surface area (Å²) in [5.41, 5.74) is 5.34. The van der Waals surface area contributed by atoms with Gasteiger partial charge in [0.1, 0.15) is 0 Å². The number of Topliss-reactive ketones (excluding diaryl/α,β-unsaturated/α-hetero) is 1. The van der Waals surface area contributed by atoms with E-state index < -0.39 is 0 Å². The quantitative estimate of drug-likeness (QED) is 0.432. The Morgan fingerprint density at radius 3 is 2.27 bits per heavy atom. The van der Waals surface area contributed by atoms with Gasteiger partial charge in [0, 0.05) is 35.8 Å². The van der Waals surface area contributed by atoms with Crippen LogP contribution in [0, 0.1) is 26.7 Å². The number of piperidine rings is 1. The van der Waals surface area contributed by atoms with Crippen LogP contribution in [0.2, 0.25) is 10.0 Å². The van der Waals surface area contributed by atoms with Crippen molar-refractivity contribution in [3.05, 3.63) is 80.6 Å². The van der Waals surface area contributed by atoms with Gasteiger partial charge in [-0.3, -0.25) is 9.59 Å². The molecule has 1 amide bonds. The summed E-state index contributed by atoms with van der Waals surface area (Å²) in [6.07, 6.45) is 1.67. The first-order valence-corrected chi connectivity index (χ1v) is 11.9. The number of halogens is 2. The van der Waals surface area contributed by atoms with Crippen molar-refractivity contribution < 1.29 is 9.59 Å². The number of likely N-dealkylation sites (tertiary alicyclic amines) is 1. The van der Waals surface area contributed by atoms with E-state index in [4.69, 9.17) is 23.2 Å². The van der Waals surface area contributed by atoms with E-state index in [0.29, 0.717) is 36.0 Å². The van der Waals surface area contributed by atoms with Crippen LogP contribution < -0.4 is 0 Å².